The zero-order valence-electron chi connectivity index (χ0n) is 8.90. The molecule has 0 saturated heterocycles. The number of nitrogen functional groups attached to an aromatic ring is 1. The molecule has 0 saturated carbocycles. The van der Waals surface area contributed by atoms with Crippen LogP contribution in [0.5, 0.6) is 0 Å². The fraction of sp³-hybridized carbons (Fsp3) is 0.556. The van der Waals surface area contributed by atoms with Gasteiger partial charge < -0.3 is 16.2 Å². The molecule has 4 N–H and O–H groups in total. The van der Waals surface area contributed by atoms with Crippen LogP contribution in [0.3, 0.4) is 0 Å². The van der Waals surface area contributed by atoms with Crippen molar-refractivity contribution >= 4 is 11.7 Å². The van der Waals surface area contributed by atoms with Crippen LogP contribution in [0.25, 0.3) is 0 Å². The molecule has 6 nitrogen and oxygen atoms in total. The van der Waals surface area contributed by atoms with Crippen molar-refractivity contribution in [2.24, 2.45) is 0 Å². The molecule has 1 amide bonds. The molecule has 84 valence electrons. The molecule has 0 atom stereocenters. The van der Waals surface area contributed by atoms with Crippen LogP contribution < -0.4 is 11.1 Å². The van der Waals surface area contributed by atoms with Gasteiger partial charge in [0.2, 0.25) is 0 Å². The molecule has 0 bridgehead atoms. The van der Waals surface area contributed by atoms with Crippen LogP contribution in [-0.2, 0) is 0 Å². The summed E-state index contributed by atoms with van der Waals surface area (Å²) in [7, 11) is 0. The van der Waals surface area contributed by atoms with Crippen molar-refractivity contribution in [1.29, 1.82) is 0 Å². The Hall–Kier alpha value is -1.56. The lowest BCUT2D eigenvalue weighted by Gasteiger charge is -2.10. The van der Waals surface area contributed by atoms with E-state index in [4.69, 9.17) is 10.8 Å². The predicted octanol–water partition coefficient (Wildman–Crippen LogP) is -0.232. The standard InChI is InChI=1S/C9H16N4O2/c1-6(2)13-7(5-8(10)12-13)9(15)11-3-4-14/h5-6,14H,3-4H2,1-2H3,(H2,10,12)(H,11,15). The number of amides is 1. The zero-order valence-corrected chi connectivity index (χ0v) is 8.90. The topological polar surface area (TPSA) is 93.2 Å². The summed E-state index contributed by atoms with van der Waals surface area (Å²) in [5.74, 6) is 0.0415. The molecule has 0 aliphatic rings. The van der Waals surface area contributed by atoms with Gasteiger partial charge in [-0.1, -0.05) is 0 Å². The summed E-state index contributed by atoms with van der Waals surface area (Å²) in [5, 5.41) is 15.1. The Morgan fingerprint density at radius 1 is 1.73 bits per heavy atom. The van der Waals surface area contributed by atoms with E-state index in [0.717, 1.165) is 0 Å². The highest BCUT2D eigenvalue weighted by atomic mass is 16.3. The lowest BCUT2D eigenvalue weighted by atomic mass is 10.3. The van der Waals surface area contributed by atoms with E-state index < -0.39 is 0 Å². The molecule has 1 aromatic rings. The van der Waals surface area contributed by atoms with Crippen molar-refractivity contribution in [2.75, 3.05) is 18.9 Å². The van der Waals surface area contributed by atoms with E-state index in [0.29, 0.717) is 11.5 Å². The van der Waals surface area contributed by atoms with E-state index in [1.807, 2.05) is 13.8 Å². The normalized spacial score (nSPS) is 10.7. The van der Waals surface area contributed by atoms with Crippen LogP contribution in [0.4, 0.5) is 5.82 Å². The fourth-order valence-electron chi connectivity index (χ4n) is 1.24. The Labute approximate surface area is 88.1 Å². The third kappa shape index (κ3) is 2.69. The van der Waals surface area contributed by atoms with E-state index in [1.54, 1.807) is 4.68 Å². The molecule has 0 aliphatic heterocycles. The number of carbonyl (C=O) groups is 1. The first kappa shape index (κ1) is 11.5. The minimum Gasteiger partial charge on any atom is -0.395 e. The average molecular weight is 212 g/mol. The first-order valence-electron chi connectivity index (χ1n) is 4.80. The van der Waals surface area contributed by atoms with Gasteiger partial charge >= 0.3 is 0 Å². The number of nitrogens with one attached hydrogen (secondary N) is 1. The Bertz CT molecular complexity index is 346. The van der Waals surface area contributed by atoms with Crippen molar-refractivity contribution in [3.8, 4) is 0 Å². The monoisotopic (exact) mass is 212 g/mol. The number of aromatic nitrogens is 2. The number of hydrogen-bond donors (Lipinski definition) is 3. The Kier molecular flexibility index (Phi) is 3.68. The molecule has 1 aromatic heterocycles. The number of hydrogen-bond acceptors (Lipinski definition) is 4. The van der Waals surface area contributed by atoms with Gasteiger partial charge in [-0.15, -0.1) is 0 Å². The SMILES string of the molecule is CC(C)n1nc(N)cc1C(=O)NCCO. The smallest absolute Gasteiger partial charge is 0.269 e. The molecular weight excluding hydrogens is 196 g/mol. The first-order chi connectivity index (χ1) is 7.06. The number of rotatable bonds is 4. The van der Waals surface area contributed by atoms with Gasteiger partial charge in [0.05, 0.1) is 6.61 Å². The molecule has 0 unspecified atom stereocenters. The van der Waals surface area contributed by atoms with Crippen molar-refractivity contribution in [2.45, 2.75) is 19.9 Å². The summed E-state index contributed by atoms with van der Waals surface area (Å²) < 4.78 is 1.56. The third-order valence-corrected chi connectivity index (χ3v) is 1.87. The van der Waals surface area contributed by atoms with E-state index in [2.05, 4.69) is 10.4 Å². The minimum absolute atomic E-state index is 0.0668. The Morgan fingerprint density at radius 2 is 2.40 bits per heavy atom. The zero-order chi connectivity index (χ0) is 11.4. The van der Waals surface area contributed by atoms with Crippen molar-refractivity contribution < 1.29 is 9.90 Å². The summed E-state index contributed by atoms with van der Waals surface area (Å²) in [6, 6.07) is 1.59. The largest absolute Gasteiger partial charge is 0.395 e. The van der Waals surface area contributed by atoms with Gasteiger partial charge in [-0.3, -0.25) is 9.48 Å². The number of nitrogens with zero attached hydrogens (tertiary/aromatic N) is 2. The lowest BCUT2D eigenvalue weighted by molar-refractivity contribution is 0.0932. The van der Waals surface area contributed by atoms with Crippen molar-refractivity contribution in [3.05, 3.63) is 11.8 Å². The Morgan fingerprint density at radius 3 is 2.93 bits per heavy atom. The van der Waals surface area contributed by atoms with Crippen molar-refractivity contribution in [1.82, 2.24) is 15.1 Å². The van der Waals surface area contributed by atoms with Crippen LogP contribution in [0.15, 0.2) is 6.07 Å². The molecule has 0 aliphatic carbocycles. The average Bonchev–Trinajstić information content (AvgIpc) is 2.57. The van der Waals surface area contributed by atoms with Gasteiger partial charge in [-0.2, -0.15) is 5.10 Å². The molecule has 0 radical (unpaired) electrons. The van der Waals surface area contributed by atoms with Gasteiger partial charge in [0, 0.05) is 18.7 Å². The molecule has 0 spiro atoms. The molecule has 1 heterocycles. The second-order valence-corrected chi connectivity index (χ2v) is 3.47. The van der Waals surface area contributed by atoms with Crippen LogP contribution in [0, 0.1) is 0 Å². The van der Waals surface area contributed by atoms with Gasteiger partial charge in [0.1, 0.15) is 11.5 Å². The number of aliphatic hydroxyl groups excluding tert-OH is 1. The van der Waals surface area contributed by atoms with E-state index in [1.165, 1.54) is 6.07 Å². The summed E-state index contributed by atoms with van der Waals surface area (Å²) in [6.07, 6.45) is 0. The molecular formula is C9H16N4O2. The van der Waals surface area contributed by atoms with Crippen LogP contribution in [-0.4, -0.2) is 33.9 Å². The number of aliphatic hydroxyl groups is 1. The van der Waals surface area contributed by atoms with E-state index in [-0.39, 0.29) is 25.1 Å². The number of nitrogens with two attached hydrogens (primary N) is 1. The second-order valence-electron chi connectivity index (χ2n) is 3.47. The van der Waals surface area contributed by atoms with Gasteiger partial charge in [0.15, 0.2) is 0 Å². The quantitative estimate of drug-likeness (QED) is 0.642. The predicted molar refractivity (Wildman–Crippen MR) is 56.4 cm³/mol. The maximum absolute atomic E-state index is 11.6. The molecule has 0 aromatic carbocycles. The second kappa shape index (κ2) is 4.79. The number of carbonyl (C=O) groups excluding carboxylic acids is 1. The van der Waals surface area contributed by atoms with E-state index >= 15 is 0 Å². The Balaban J connectivity index is 2.87. The third-order valence-electron chi connectivity index (χ3n) is 1.87. The summed E-state index contributed by atoms with van der Waals surface area (Å²) >= 11 is 0. The fourth-order valence-corrected chi connectivity index (χ4v) is 1.24. The van der Waals surface area contributed by atoms with Gasteiger partial charge in [0.25, 0.3) is 5.91 Å². The highest BCUT2D eigenvalue weighted by Gasteiger charge is 2.15. The molecule has 0 fully saturated rings. The van der Waals surface area contributed by atoms with Crippen LogP contribution >= 0.6 is 0 Å². The van der Waals surface area contributed by atoms with Crippen LogP contribution in [0.1, 0.15) is 30.4 Å². The summed E-state index contributed by atoms with van der Waals surface area (Å²) in [5.41, 5.74) is 5.94. The lowest BCUT2D eigenvalue weighted by Crippen LogP contribution is -2.29. The van der Waals surface area contributed by atoms with Gasteiger partial charge in [-0.05, 0) is 13.8 Å². The van der Waals surface area contributed by atoms with E-state index in [9.17, 15) is 4.79 Å². The first-order valence-corrected chi connectivity index (χ1v) is 4.80. The van der Waals surface area contributed by atoms with Crippen molar-refractivity contribution in [3.63, 3.8) is 0 Å². The highest BCUT2D eigenvalue weighted by molar-refractivity contribution is 5.93. The van der Waals surface area contributed by atoms with Gasteiger partial charge in [-0.25, -0.2) is 0 Å². The maximum atomic E-state index is 11.6. The molecule has 15 heavy (non-hydrogen) atoms. The van der Waals surface area contributed by atoms with Crippen LogP contribution in [0.2, 0.25) is 0 Å². The molecule has 1 rings (SSSR count). The summed E-state index contributed by atoms with van der Waals surface area (Å²) in [4.78, 5) is 11.6. The minimum atomic E-state index is -0.276. The highest BCUT2D eigenvalue weighted by Crippen LogP contribution is 2.12. The summed E-state index contributed by atoms with van der Waals surface area (Å²) in [6.45, 7) is 3.96. The maximum Gasteiger partial charge on any atom is 0.269 e. The number of anilines is 1. The molecule has 6 heteroatoms.